The Labute approximate surface area is 226 Å². The normalized spacial score (nSPS) is 11.3. The topological polar surface area (TPSA) is 69.0 Å². The number of aryl methyl sites for hydroxylation is 1. The van der Waals surface area contributed by atoms with Crippen LogP contribution in [-0.4, -0.2) is 27.0 Å². The van der Waals surface area contributed by atoms with Gasteiger partial charge in [0, 0.05) is 17.7 Å². The summed E-state index contributed by atoms with van der Waals surface area (Å²) in [5, 5.41) is 7.33. The summed E-state index contributed by atoms with van der Waals surface area (Å²) >= 11 is 0. The van der Waals surface area contributed by atoms with Crippen molar-refractivity contribution in [3.63, 3.8) is 0 Å². The molecule has 1 aromatic heterocycles. The van der Waals surface area contributed by atoms with E-state index in [9.17, 15) is 22.4 Å². The number of benzene rings is 4. The number of nitrogens with zero attached hydrogens (tertiary/aromatic N) is 3. The van der Waals surface area contributed by atoms with Crippen LogP contribution in [0.15, 0.2) is 97.3 Å². The number of nitrogens with one attached hydrogen (secondary N) is 1. The maximum Gasteiger partial charge on any atom is 0.573 e. The van der Waals surface area contributed by atoms with E-state index >= 15 is 0 Å². The zero-order valence-corrected chi connectivity index (χ0v) is 21.1. The number of amides is 1. The molecular formula is C30H22F4N4O2. The van der Waals surface area contributed by atoms with E-state index in [1.807, 2.05) is 36.4 Å². The highest BCUT2D eigenvalue weighted by Gasteiger charge is 2.31. The van der Waals surface area contributed by atoms with Gasteiger partial charge in [0.25, 0.3) is 5.91 Å². The number of carbonyl (C=O) groups excluding carboxylic acids is 1. The molecule has 5 rings (SSSR count). The highest BCUT2D eigenvalue weighted by molar-refractivity contribution is 6.01. The van der Waals surface area contributed by atoms with Gasteiger partial charge >= 0.3 is 6.36 Å². The molecule has 1 amide bonds. The van der Waals surface area contributed by atoms with Gasteiger partial charge in [-0.1, -0.05) is 48.5 Å². The molecule has 1 heterocycles. The summed E-state index contributed by atoms with van der Waals surface area (Å²) in [6.07, 6.45) is -3.30. The number of rotatable bonds is 7. The van der Waals surface area contributed by atoms with E-state index in [-0.39, 0.29) is 24.0 Å². The Kier molecular flexibility index (Phi) is 7.33. The third-order valence-corrected chi connectivity index (χ3v) is 6.14. The van der Waals surface area contributed by atoms with Gasteiger partial charge < -0.3 is 10.1 Å². The van der Waals surface area contributed by atoms with E-state index < -0.39 is 6.36 Å². The van der Waals surface area contributed by atoms with Crippen LogP contribution in [-0.2, 0) is 6.54 Å². The second kappa shape index (κ2) is 11.0. The van der Waals surface area contributed by atoms with E-state index in [2.05, 4.69) is 20.1 Å². The number of aromatic nitrogens is 3. The summed E-state index contributed by atoms with van der Waals surface area (Å²) in [5.74, 6) is -0.485. The lowest BCUT2D eigenvalue weighted by atomic mass is 9.95. The van der Waals surface area contributed by atoms with Crippen molar-refractivity contribution in [1.82, 2.24) is 20.1 Å². The molecular weight excluding hydrogens is 524 g/mol. The maximum atomic E-state index is 13.6. The SMILES string of the molecule is Cc1cc(F)ccc1-c1ccccc1C(=O)NCc1ccc(-c2ncn(-c3ccc(OC(F)(F)F)cc3)n2)cc1. The molecule has 0 aliphatic rings. The maximum absolute atomic E-state index is 13.6. The Balaban J connectivity index is 1.24. The van der Waals surface area contributed by atoms with Crippen LogP contribution in [0.1, 0.15) is 21.5 Å². The van der Waals surface area contributed by atoms with Crippen molar-refractivity contribution in [3.8, 4) is 34.0 Å². The average molecular weight is 547 g/mol. The second-order valence-electron chi connectivity index (χ2n) is 8.94. The van der Waals surface area contributed by atoms with E-state index in [1.54, 1.807) is 25.1 Å². The third kappa shape index (κ3) is 6.17. The van der Waals surface area contributed by atoms with Gasteiger partial charge in [0.15, 0.2) is 5.82 Å². The first-order valence-corrected chi connectivity index (χ1v) is 12.2. The predicted octanol–water partition coefficient (Wildman–Crippen LogP) is 6.88. The predicted molar refractivity (Wildman–Crippen MR) is 141 cm³/mol. The molecule has 0 unspecified atom stereocenters. The fourth-order valence-corrected chi connectivity index (χ4v) is 4.21. The average Bonchev–Trinajstić information content (AvgIpc) is 3.42. The molecule has 0 saturated heterocycles. The van der Waals surface area contributed by atoms with Crippen LogP contribution in [0.5, 0.6) is 5.75 Å². The van der Waals surface area contributed by atoms with Crippen molar-refractivity contribution >= 4 is 5.91 Å². The fourth-order valence-electron chi connectivity index (χ4n) is 4.21. The van der Waals surface area contributed by atoms with Crippen molar-refractivity contribution < 1.29 is 27.1 Å². The molecule has 0 spiro atoms. The Morgan fingerprint density at radius 2 is 1.65 bits per heavy atom. The van der Waals surface area contributed by atoms with E-state index in [4.69, 9.17) is 0 Å². The minimum absolute atomic E-state index is 0.254. The van der Waals surface area contributed by atoms with E-state index in [0.29, 0.717) is 17.1 Å². The monoisotopic (exact) mass is 546 g/mol. The molecule has 0 radical (unpaired) electrons. The van der Waals surface area contributed by atoms with Crippen LogP contribution < -0.4 is 10.1 Å². The Hall–Kier alpha value is -4.99. The minimum Gasteiger partial charge on any atom is -0.406 e. The molecule has 4 aromatic carbocycles. The van der Waals surface area contributed by atoms with Crippen LogP contribution in [0.4, 0.5) is 17.6 Å². The van der Waals surface area contributed by atoms with Crippen molar-refractivity contribution in [3.05, 3.63) is 120 Å². The molecule has 0 fully saturated rings. The first kappa shape index (κ1) is 26.6. The molecule has 6 nitrogen and oxygen atoms in total. The summed E-state index contributed by atoms with van der Waals surface area (Å²) in [6, 6.07) is 24.3. The lowest BCUT2D eigenvalue weighted by Gasteiger charge is -2.13. The van der Waals surface area contributed by atoms with Crippen LogP contribution >= 0.6 is 0 Å². The summed E-state index contributed by atoms with van der Waals surface area (Å²) in [5.41, 5.74) is 4.82. The summed E-state index contributed by atoms with van der Waals surface area (Å²) < 4.78 is 56.0. The van der Waals surface area contributed by atoms with Crippen LogP contribution in [0.25, 0.3) is 28.2 Å². The van der Waals surface area contributed by atoms with Crippen LogP contribution in [0.3, 0.4) is 0 Å². The number of hydrogen-bond donors (Lipinski definition) is 1. The second-order valence-corrected chi connectivity index (χ2v) is 8.94. The van der Waals surface area contributed by atoms with Crippen molar-refractivity contribution in [2.75, 3.05) is 0 Å². The van der Waals surface area contributed by atoms with Gasteiger partial charge in [-0.25, -0.2) is 14.1 Å². The van der Waals surface area contributed by atoms with Gasteiger partial charge in [0.05, 0.1) is 5.69 Å². The van der Waals surface area contributed by atoms with Crippen LogP contribution in [0, 0.1) is 12.7 Å². The zero-order valence-electron chi connectivity index (χ0n) is 21.1. The molecule has 202 valence electrons. The van der Waals surface area contributed by atoms with Crippen molar-refractivity contribution in [1.29, 1.82) is 0 Å². The number of ether oxygens (including phenoxy) is 1. The fraction of sp³-hybridized carbons (Fsp3) is 0.100. The van der Waals surface area contributed by atoms with Gasteiger partial charge in [0.1, 0.15) is 17.9 Å². The highest BCUT2D eigenvalue weighted by atomic mass is 19.4. The lowest BCUT2D eigenvalue weighted by Crippen LogP contribution is -2.23. The molecule has 10 heteroatoms. The molecule has 5 aromatic rings. The first-order chi connectivity index (χ1) is 19.2. The minimum atomic E-state index is -4.76. The molecule has 40 heavy (non-hydrogen) atoms. The van der Waals surface area contributed by atoms with Gasteiger partial charge in [-0.3, -0.25) is 4.79 Å². The molecule has 1 N–H and O–H groups in total. The van der Waals surface area contributed by atoms with Gasteiger partial charge in [-0.2, -0.15) is 0 Å². The molecule has 0 aliphatic carbocycles. The number of hydrogen-bond acceptors (Lipinski definition) is 4. The van der Waals surface area contributed by atoms with E-state index in [1.165, 1.54) is 47.4 Å². The van der Waals surface area contributed by atoms with Crippen molar-refractivity contribution in [2.24, 2.45) is 0 Å². The highest BCUT2D eigenvalue weighted by Crippen LogP contribution is 2.28. The van der Waals surface area contributed by atoms with E-state index in [0.717, 1.165) is 27.8 Å². The van der Waals surface area contributed by atoms with Gasteiger partial charge in [0.2, 0.25) is 0 Å². The third-order valence-electron chi connectivity index (χ3n) is 6.14. The Morgan fingerprint density at radius 3 is 2.35 bits per heavy atom. The first-order valence-electron chi connectivity index (χ1n) is 12.2. The van der Waals surface area contributed by atoms with Crippen LogP contribution in [0.2, 0.25) is 0 Å². The summed E-state index contributed by atoms with van der Waals surface area (Å²) in [7, 11) is 0. The van der Waals surface area contributed by atoms with Gasteiger partial charge in [-0.05, 0) is 71.6 Å². The van der Waals surface area contributed by atoms with Gasteiger partial charge in [-0.15, -0.1) is 18.3 Å². The molecule has 0 atom stereocenters. The Bertz CT molecular complexity index is 1650. The van der Waals surface area contributed by atoms with Crippen molar-refractivity contribution in [2.45, 2.75) is 19.8 Å². The molecule has 0 aliphatic heterocycles. The molecule has 0 bridgehead atoms. The lowest BCUT2D eigenvalue weighted by molar-refractivity contribution is -0.274. The quantitative estimate of drug-likeness (QED) is 0.226. The Morgan fingerprint density at radius 1 is 0.925 bits per heavy atom. The smallest absolute Gasteiger partial charge is 0.406 e. The standard InChI is InChI=1S/C30H22F4N4O2/c1-19-16-22(31)10-15-25(19)26-4-2-3-5-27(26)29(39)35-17-20-6-8-21(9-7-20)28-36-18-38(37-28)23-11-13-24(14-12-23)40-30(32,33)34/h2-16,18H,17H2,1H3,(H,35,39). The largest absolute Gasteiger partial charge is 0.573 e. The number of carbonyl (C=O) groups is 1. The summed E-state index contributed by atoms with van der Waals surface area (Å²) in [4.78, 5) is 17.3. The molecule has 0 saturated carbocycles. The number of halogens is 4. The summed E-state index contributed by atoms with van der Waals surface area (Å²) in [6.45, 7) is 2.08. The zero-order chi connectivity index (χ0) is 28.3. The number of alkyl halides is 3.